The number of hydrogen-bond donors (Lipinski definition) is 2. The maximum absolute atomic E-state index is 5.73. The summed E-state index contributed by atoms with van der Waals surface area (Å²) in [5, 5.41) is 6.60. The highest BCUT2D eigenvalue weighted by molar-refractivity contribution is 14.0. The Kier molecular flexibility index (Phi) is 11.8. The Hall–Kier alpha value is -2.39. The monoisotopic (exact) mass is 548 g/mol. The summed E-state index contributed by atoms with van der Waals surface area (Å²) in [7, 11) is 1.77. The molecule has 0 saturated carbocycles. The molecule has 0 aliphatic heterocycles. The number of aliphatic imine (C=N–C) groups is 1. The van der Waals surface area contributed by atoms with E-state index in [0.717, 1.165) is 56.2 Å². The number of ether oxygens (including phenoxy) is 1. The lowest BCUT2D eigenvalue weighted by atomic mass is 10.1. The molecule has 1 aromatic heterocycles. The first kappa shape index (κ1) is 25.9. The lowest BCUT2D eigenvalue weighted by molar-refractivity contribution is 0.133. The Bertz CT molecular complexity index is 927. The molecule has 0 saturated heterocycles. The summed E-state index contributed by atoms with van der Waals surface area (Å²) in [5.41, 5.74) is 4.35. The zero-order valence-electron chi connectivity index (χ0n) is 18.8. The molecule has 1 heterocycles. The number of hydrogen-bond acceptors (Lipinski definition) is 4. The predicted octanol–water partition coefficient (Wildman–Crippen LogP) is 4.97. The molecule has 0 spiro atoms. The minimum absolute atomic E-state index is 0. The minimum Gasteiger partial charge on any atom is -0.444 e. The lowest BCUT2D eigenvalue weighted by Crippen LogP contribution is -2.37. The van der Waals surface area contributed by atoms with Crippen LogP contribution in [0.2, 0.25) is 0 Å². The van der Waals surface area contributed by atoms with Gasteiger partial charge in [-0.25, -0.2) is 4.98 Å². The van der Waals surface area contributed by atoms with Crippen LogP contribution in [0.4, 0.5) is 0 Å². The van der Waals surface area contributed by atoms with Crippen molar-refractivity contribution in [3.63, 3.8) is 0 Å². The molecule has 0 fully saturated rings. The topological polar surface area (TPSA) is 71.7 Å². The van der Waals surface area contributed by atoms with Crippen LogP contribution in [0.1, 0.15) is 29.7 Å². The van der Waals surface area contributed by atoms with Gasteiger partial charge in [0.1, 0.15) is 6.26 Å². The van der Waals surface area contributed by atoms with Crippen LogP contribution in [0.5, 0.6) is 0 Å². The highest BCUT2D eigenvalue weighted by atomic mass is 127. The van der Waals surface area contributed by atoms with Crippen molar-refractivity contribution < 1.29 is 9.15 Å². The van der Waals surface area contributed by atoms with E-state index in [1.165, 1.54) is 11.1 Å². The van der Waals surface area contributed by atoms with E-state index in [-0.39, 0.29) is 24.0 Å². The van der Waals surface area contributed by atoms with E-state index in [1.807, 2.05) is 18.2 Å². The Balaban J connectivity index is 0.00000363. The van der Waals surface area contributed by atoms with E-state index in [0.29, 0.717) is 12.4 Å². The van der Waals surface area contributed by atoms with Gasteiger partial charge in [-0.15, -0.1) is 24.0 Å². The van der Waals surface area contributed by atoms with E-state index in [2.05, 4.69) is 63.9 Å². The molecule has 0 atom stereocenters. The van der Waals surface area contributed by atoms with Crippen molar-refractivity contribution >= 4 is 29.9 Å². The van der Waals surface area contributed by atoms with Crippen LogP contribution < -0.4 is 10.6 Å². The second-order valence-electron chi connectivity index (χ2n) is 7.42. The summed E-state index contributed by atoms with van der Waals surface area (Å²) >= 11 is 0. The number of benzene rings is 2. The first-order chi connectivity index (χ1) is 15.2. The number of rotatable bonds is 11. The predicted molar refractivity (Wildman–Crippen MR) is 140 cm³/mol. The molecular weight excluding hydrogens is 515 g/mol. The number of halogens is 1. The molecule has 0 bridgehead atoms. The van der Waals surface area contributed by atoms with Crippen LogP contribution in [0.3, 0.4) is 0 Å². The molecule has 2 aromatic carbocycles. The van der Waals surface area contributed by atoms with Crippen molar-refractivity contribution in [1.82, 2.24) is 15.6 Å². The summed E-state index contributed by atoms with van der Waals surface area (Å²) in [4.78, 5) is 8.81. The van der Waals surface area contributed by atoms with Crippen molar-refractivity contribution in [3.8, 4) is 11.5 Å². The fourth-order valence-electron chi connectivity index (χ4n) is 3.08. The maximum Gasteiger partial charge on any atom is 0.226 e. The molecule has 0 aliphatic carbocycles. The third kappa shape index (κ3) is 9.00. The zero-order chi connectivity index (χ0) is 21.7. The van der Waals surface area contributed by atoms with Crippen molar-refractivity contribution in [1.29, 1.82) is 0 Å². The molecule has 7 heteroatoms. The van der Waals surface area contributed by atoms with Gasteiger partial charge in [0.2, 0.25) is 5.89 Å². The third-order valence-corrected chi connectivity index (χ3v) is 4.90. The maximum atomic E-state index is 5.73. The second-order valence-corrected chi connectivity index (χ2v) is 7.42. The number of unbranched alkanes of at least 4 members (excludes halogenated alkanes) is 1. The number of aryl methyl sites for hydroxylation is 1. The SMILES string of the molecule is CN=C(NCCCCOCCc1ccccc1)NCc1coc(-c2ccc(C)cc2)n1.I. The average Bonchev–Trinajstić information content (AvgIpc) is 3.28. The van der Waals surface area contributed by atoms with Crippen LogP contribution in [-0.4, -0.2) is 37.7 Å². The number of nitrogens with zero attached hydrogens (tertiary/aromatic N) is 2. The van der Waals surface area contributed by atoms with E-state index in [9.17, 15) is 0 Å². The third-order valence-electron chi connectivity index (χ3n) is 4.90. The number of aromatic nitrogens is 1. The molecular formula is C25H33IN4O2. The van der Waals surface area contributed by atoms with Gasteiger partial charge in [0.05, 0.1) is 18.8 Å². The quantitative estimate of drug-likeness (QED) is 0.153. The molecule has 3 rings (SSSR count). The van der Waals surface area contributed by atoms with Gasteiger partial charge in [-0.1, -0.05) is 48.0 Å². The van der Waals surface area contributed by atoms with Gasteiger partial charge in [-0.3, -0.25) is 4.99 Å². The highest BCUT2D eigenvalue weighted by Crippen LogP contribution is 2.18. The first-order valence-corrected chi connectivity index (χ1v) is 10.8. The van der Waals surface area contributed by atoms with Gasteiger partial charge in [0, 0.05) is 25.8 Å². The van der Waals surface area contributed by atoms with Crippen LogP contribution in [0.15, 0.2) is 70.3 Å². The molecule has 2 N–H and O–H groups in total. The molecule has 0 radical (unpaired) electrons. The van der Waals surface area contributed by atoms with E-state index >= 15 is 0 Å². The number of guanidine groups is 1. The molecule has 0 aliphatic rings. The Labute approximate surface area is 207 Å². The summed E-state index contributed by atoms with van der Waals surface area (Å²) in [6.07, 6.45) is 4.68. The summed E-state index contributed by atoms with van der Waals surface area (Å²) in [6.45, 7) is 5.00. The van der Waals surface area contributed by atoms with E-state index in [4.69, 9.17) is 9.15 Å². The van der Waals surface area contributed by atoms with Gasteiger partial charge in [0.25, 0.3) is 0 Å². The fourth-order valence-corrected chi connectivity index (χ4v) is 3.08. The van der Waals surface area contributed by atoms with Crippen molar-refractivity contribution in [2.24, 2.45) is 4.99 Å². The smallest absolute Gasteiger partial charge is 0.226 e. The van der Waals surface area contributed by atoms with Crippen LogP contribution in [0.25, 0.3) is 11.5 Å². The number of oxazole rings is 1. The minimum atomic E-state index is 0. The summed E-state index contributed by atoms with van der Waals surface area (Å²) in [5.74, 6) is 1.39. The van der Waals surface area contributed by atoms with Gasteiger partial charge < -0.3 is 19.8 Å². The zero-order valence-corrected chi connectivity index (χ0v) is 21.2. The second kappa shape index (κ2) is 14.6. The van der Waals surface area contributed by atoms with Crippen LogP contribution in [0, 0.1) is 6.92 Å². The first-order valence-electron chi connectivity index (χ1n) is 10.8. The van der Waals surface area contributed by atoms with Gasteiger partial charge in [0.15, 0.2) is 5.96 Å². The highest BCUT2D eigenvalue weighted by Gasteiger charge is 2.07. The average molecular weight is 548 g/mol. The van der Waals surface area contributed by atoms with Crippen molar-refractivity contribution in [2.45, 2.75) is 32.7 Å². The molecule has 3 aromatic rings. The van der Waals surface area contributed by atoms with Crippen molar-refractivity contribution in [2.75, 3.05) is 26.8 Å². The fraction of sp³-hybridized carbons (Fsp3) is 0.360. The summed E-state index contributed by atoms with van der Waals surface area (Å²) in [6, 6.07) is 18.6. The molecule has 32 heavy (non-hydrogen) atoms. The number of nitrogens with one attached hydrogen (secondary N) is 2. The van der Waals surface area contributed by atoms with E-state index < -0.39 is 0 Å². The van der Waals surface area contributed by atoms with Gasteiger partial charge in [-0.05, 0) is 43.9 Å². The Morgan fingerprint density at radius 1 is 1.00 bits per heavy atom. The standard InChI is InChI=1S/C25H32N4O2.HI/c1-20-10-12-22(13-11-20)24-29-23(19-31-24)18-28-25(26-2)27-15-6-7-16-30-17-14-21-8-4-3-5-9-21;/h3-5,8-13,19H,6-7,14-18H2,1-2H3,(H2,26,27,28);1H. The summed E-state index contributed by atoms with van der Waals surface area (Å²) < 4.78 is 11.3. The largest absolute Gasteiger partial charge is 0.444 e. The van der Waals surface area contributed by atoms with Gasteiger partial charge >= 0.3 is 0 Å². The molecule has 0 amide bonds. The Morgan fingerprint density at radius 2 is 1.78 bits per heavy atom. The molecule has 172 valence electrons. The van der Waals surface area contributed by atoms with Crippen LogP contribution in [-0.2, 0) is 17.7 Å². The molecule has 6 nitrogen and oxygen atoms in total. The molecule has 0 unspecified atom stereocenters. The van der Waals surface area contributed by atoms with Crippen LogP contribution >= 0.6 is 24.0 Å². The van der Waals surface area contributed by atoms with E-state index in [1.54, 1.807) is 13.3 Å². The lowest BCUT2D eigenvalue weighted by Gasteiger charge is -2.11. The van der Waals surface area contributed by atoms with Crippen molar-refractivity contribution in [3.05, 3.63) is 77.7 Å². The Morgan fingerprint density at radius 3 is 2.53 bits per heavy atom. The van der Waals surface area contributed by atoms with Gasteiger partial charge in [-0.2, -0.15) is 0 Å². The normalized spacial score (nSPS) is 11.1.